The Kier molecular flexibility index (Phi) is 8.19. The normalized spacial score (nSPS) is 17.7. The van der Waals surface area contributed by atoms with Gasteiger partial charge >= 0.3 is 0 Å². The first-order chi connectivity index (χ1) is 20.7. The number of fused-ring (bicyclic) bond motifs is 3. The molecule has 0 aliphatic heterocycles. The zero-order valence-corrected chi connectivity index (χ0v) is 26.3. The molecule has 6 rings (SSSR count). The van der Waals surface area contributed by atoms with E-state index in [0.29, 0.717) is 11.8 Å². The van der Waals surface area contributed by atoms with E-state index in [9.17, 15) is 5.11 Å². The van der Waals surface area contributed by atoms with Gasteiger partial charge in [0.1, 0.15) is 5.75 Å². The molecule has 1 N–H and O–H groups in total. The Morgan fingerprint density at radius 3 is 2.49 bits per heavy atom. The Labute approximate surface area is 258 Å². The molecule has 43 heavy (non-hydrogen) atoms. The fraction of sp³-hybridized carbons (Fsp3) is 0.390. The van der Waals surface area contributed by atoms with Crippen LogP contribution in [0.2, 0.25) is 0 Å². The molecule has 3 aliphatic carbocycles. The van der Waals surface area contributed by atoms with Crippen molar-refractivity contribution in [1.29, 1.82) is 0 Å². The second kappa shape index (κ2) is 12.0. The molecule has 0 aromatic heterocycles. The van der Waals surface area contributed by atoms with Crippen LogP contribution in [0.1, 0.15) is 112 Å². The maximum absolute atomic E-state index is 11.2. The van der Waals surface area contributed by atoms with Crippen LogP contribution in [0.3, 0.4) is 0 Å². The molecule has 2 heteroatoms. The highest BCUT2D eigenvalue weighted by Crippen LogP contribution is 2.47. The van der Waals surface area contributed by atoms with E-state index in [1.165, 1.54) is 52.7 Å². The number of hydrogen-bond acceptors (Lipinski definition) is 2. The number of benzene rings is 3. The molecule has 0 amide bonds. The van der Waals surface area contributed by atoms with Crippen LogP contribution < -0.4 is 0 Å². The highest BCUT2D eigenvalue weighted by molar-refractivity contribution is 5.85. The lowest BCUT2D eigenvalue weighted by Crippen LogP contribution is -2.25. The van der Waals surface area contributed by atoms with E-state index in [1.807, 2.05) is 12.3 Å². The molecule has 3 aliphatic rings. The molecule has 1 fully saturated rings. The van der Waals surface area contributed by atoms with Gasteiger partial charge in [0.05, 0.1) is 0 Å². The predicted molar refractivity (Wildman–Crippen MR) is 181 cm³/mol. The summed E-state index contributed by atoms with van der Waals surface area (Å²) in [5, 5.41) is 11.2. The Bertz CT molecular complexity index is 1660. The predicted octanol–water partition coefficient (Wildman–Crippen LogP) is 9.99. The standard InChI is InChI=1S/C41H45NO/c1-40(2,3)38-26-29(25-31(39(38)43)28-42-33-19-6-5-7-20-33)15-12-13-24-41(4,32-17-9-10-18-32)37-23-14-22-35-34-21-11-8-16-30(34)27-36(35)37/h8-9,11,14,16-18,21-23,25-26,28,33,43H,5-7,10,13,19-20,24,27H2,1-4H3. The summed E-state index contributed by atoms with van der Waals surface area (Å²) in [6.45, 7) is 8.84. The number of nitrogens with zero attached hydrogens (tertiary/aromatic N) is 1. The average Bonchev–Trinajstić information content (AvgIpc) is 3.68. The van der Waals surface area contributed by atoms with Crippen molar-refractivity contribution in [2.24, 2.45) is 4.99 Å². The van der Waals surface area contributed by atoms with E-state index >= 15 is 0 Å². The van der Waals surface area contributed by atoms with Crippen LogP contribution in [-0.4, -0.2) is 17.4 Å². The molecule has 1 atom stereocenters. The summed E-state index contributed by atoms with van der Waals surface area (Å²) < 4.78 is 0. The molecule has 0 heterocycles. The van der Waals surface area contributed by atoms with E-state index < -0.39 is 0 Å². The fourth-order valence-electron chi connectivity index (χ4n) is 7.27. The van der Waals surface area contributed by atoms with Crippen LogP contribution in [0.25, 0.3) is 11.1 Å². The number of phenolic OH excluding ortho intramolecular Hbond substituents is 1. The highest BCUT2D eigenvalue weighted by Gasteiger charge is 2.34. The summed E-state index contributed by atoms with van der Waals surface area (Å²) in [5.74, 6) is 7.36. The van der Waals surface area contributed by atoms with Crippen LogP contribution in [0.5, 0.6) is 5.75 Å². The number of phenols is 1. The largest absolute Gasteiger partial charge is 0.507 e. The van der Waals surface area contributed by atoms with Gasteiger partial charge in [0.15, 0.2) is 0 Å². The van der Waals surface area contributed by atoms with E-state index in [0.717, 1.165) is 55.2 Å². The van der Waals surface area contributed by atoms with Gasteiger partial charge < -0.3 is 5.11 Å². The first-order valence-corrected chi connectivity index (χ1v) is 16.2. The molecule has 0 saturated heterocycles. The summed E-state index contributed by atoms with van der Waals surface area (Å²) in [5.41, 5.74) is 10.8. The van der Waals surface area contributed by atoms with Gasteiger partial charge in [0, 0.05) is 40.8 Å². The second-order valence-electron chi connectivity index (χ2n) is 13.9. The maximum atomic E-state index is 11.2. The van der Waals surface area contributed by atoms with Gasteiger partial charge in [0.2, 0.25) is 0 Å². The molecule has 3 aromatic rings. The van der Waals surface area contributed by atoms with E-state index in [2.05, 4.69) is 106 Å². The summed E-state index contributed by atoms with van der Waals surface area (Å²) in [6, 6.07) is 20.2. The number of allylic oxidation sites excluding steroid dienone is 4. The fourth-order valence-corrected chi connectivity index (χ4v) is 7.27. The van der Waals surface area contributed by atoms with Gasteiger partial charge in [-0.05, 0) is 83.0 Å². The first kappa shape index (κ1) is 29.3. The lowest BCUT2D eigenvalue weighted by Gasteiger charge is -2.33. The van der Waals surface area contributed by atoms with Gasteiger partial charge in [-0.15, -0.1) is 0 Å². The summed E-state index contributed by atoms with van der Waals surface area (Å²) in [7, 11) is 0. The van der Waals surface area contributed by atoms with E-state index in [-0.39, 0.29) is 10.8 Å². The number of aromatic hydroxyl groups is 1. The first-order valence-electron chi connectivity index (χ1n) is 16.2. The Balaban J connectivity index is 1.29. The zero-order chi connectivity index (χ0) is 30.0. The quantitative estimate of drug-likeness (QED) is 0.182. The Morgan fingerprint density at radius 1 is 0.930 bits per heavy atom. The minimum Gasteiger partial charge on any atom is -0.507 e. The molecule has 1 unspecified atom stereocenters. The zero-order valence-electron chi connectivity index (χ0n) is 26.3. The van der Waals surface area contributed by atoms with Crippen LogP contribution in [0.4, 0.5) is 0 Å². The van der Waals surface area contributed by atoms with Gasteiger partial charge in [-0.1, -0.05) is 119 Å². The van der Waals surface area contributed by atoms with Crippen molar-refractivity contribution in [2.75, 3.05) is 0 Å². The van der Waals surface area contributed by atoms with Crippen molar-refractivity contribution < 1.29 is 5.11 Å². The minimum atomic E-state index is -0.194. The van der Waals surface area contributed by atoms with Gasteiger partial charge in [-0.3, -0.25) is 4.99 Å². The van der Waals surface area contributed by atoms with Gasteiger partial charge in [-0.2, -0.15) is 0 Å². The lowest BCUT2D eigenvalue weighted by molar-refractivity contribution is 0.441. The maximum Gasteiger partial charge on any atom is 0.128 e. The Morgan fingerprint density at radius 2 is 1.72 bits per heavy atom. The smallest absolute Gasteiger partial charge is 0.128 e. The van der Waals surface area contributed by atoms with E-state index in [1.54, 1.807) is 0 Å². The van der Waals surface area contributed by atoms with Crippen molar-refractivity contribution in [3.63, 3.8) is 0 Å². The van der Waals surface area contributed by atoms with Gasteiger partial charge in [-0.25, -0.2) is 0 Å². The molecule has 0 radical (unpaired) electrons. The lowest BCUT2D eigenvalue weighted by atomic mass is 9.70. The second-order valence-corrected chi connectivity index (χ2v) is 13.9. The number of rotatable bonds is 6. The van der Waals surface area contributed by atoms with Gasteiger partial charge in [0.25, 0.3) is 0 Å². The third-order valence-corrected chi connectivity index (χ3v) is 9.78. The van der Waals surface area contributed by atoms with Crippen molar-refractivity contribution in [3.8, 4) is 28.7 Å². The third-order valence-electron chi connectivity index (χ3n) is 9.78. The van der Waals surface area contributed by atoms with Crippen molar-refractivity contribution >= 4 is 6.21 Å². The topological polar surface area (TPSA) is 32.6 Å². The molecule has 0 spiro atoms. The van der Waals surface area contributed by atoms with E-state index in [4.69, 9.17) is 4.99 Å². The van der Waals surface area contributed by atoms with Crippen LogP contribution in [-0.2, 0) is 17.3 Å². The van der Waals surface area contributed by atoms with Crippen LogP contribution >= 0.6 is 0 Å². The average molecular weight is 568 g/mol. The molecule has 3 aromatic carbocycles. The highest BCUT2D eigenvalue weighted by atomic mass is 16.3. The summed E-state index contributed by atoms with van der Waals surface area (Å²) in [6.07, 6.45) is 18.7. The van der Waals surface area contributed by atoms with Crippen molar-refractivity contribution in [2.45, 2.75) is 102 Å². The third kappa shape index (κ3) is 6.01. The summed E-state index contributed by atoms with van der Waals surface area (Å²) >= 11 is 0. The minimum absolute atomic E-state index is 0.113. The van der Waals surface area contributed by atoms with Crippen LogP contribution in [0, 0.1) is 11.8 Å². The molecular weight excluding hydrogens is 522 g/mol. The number of hydrogen-bond donors (Lipinski definition) is 1. The molecule has 2 nitrogen and oxygen atoms in total. The molecule has 220 valence electrons. The van der Waals surface area contributed by atoms with Crippen molar-refractivity contribution in [1.82, 2.24) is 0 Å². The van der Waals surface area contributed by atoms with Crippen molar-refractivity contribution in [3.05, 3.63) is 112 Å². The molecule has 1 saturated carbocycles. The van der Waals surface area contributed by atoms with Crippen LogP contribution in [0.15, 0.2) is 83.4 Å². The summed E-state index contributed by atoms with van der Waals surface area (Å²) in [4.78, 5) is 4.88. The monoisotopic (exact) mass is 567 g/mol. The Hall–Kier alpha value is -3.83. The molecule has 0 bridgehead atoms. The SMILES string of the molecule is CC(C)(C)c1cc(C#CCCC(C)(C2=CCC=C2)c2cccc3c2Cc2ccccc2-3)cc(C=NC2CCCCC2)c1O. The molecular formula is C41H45NO. The number of aliphatic imine (C=N–C) groups is 1.